The smallest absolute Gasteiger partial charge is 0.274 e. The maximum absolute atomic E-state index is 11.1. The summed E-state index contributed by atoms with van der Waals surface area (Å²) in [4.78, 5) is 10.8. The second-order valence-corrected chi connectivity index (χ2v) is 5.26. The fourth-order valence-corrected chi connectivity index (χ4v) is 2.92. The van der Waals surface area contributed by atoms with Gasteiger partial charge in [-0.2, -0.15) is 5.10 Å². The summed E-state index contributed by atoms with van der Waals surface area (Å²) in [6, 6.07) is 3.42. The Morgan fingerprint density at radius 1 is 1.30 bits per heavy atom. The van der Waals surface area contributed by atoms with Gasteiger partial charge in [0.05, 0.1) is 10.6 Å². The van der Waals surface area contributed by atoms with E-state index in [2.05, 4.69) is 5.10 Å². The number of aryl methyl sites for hydroxylation is 2. The van der Waals surface area contributed by atoms with Crippen molar-refractivity contribution in [1.82, 2.24) is 9.78 Å². The molecule has 3 rings (SSSR count). The largest absolute Gasteiger partial charge is 0.382 e. The van der Waals surface area contributed by atoms with Crippen LogP contribution >= 0.6 is 0 Å². The predicted octanol–water partition coefficient (Wildman–Crippen LogP) is 2.47. The van der Waals surface area contributed by atoms with Crippen LogP contribution in [0.2, 0.25) is 0 Å². The molecule has 0 saturated carbocycles. The highest BCUT2D eigenvalue weighted by atomic mass is 16.6. The Morgan fingerprint density at radius 2 is 2.05 bits per heavy atom. The summed E-state index contributed by atoms with van der Waals surface area (Å²) in [6.45, 7) is 3.68. The van der Waals surface area contributed by atoms with Crippen molar-refractivity contribution in [2.75, 3.05) is 5.73 Å². The van der Waals surface area contributed by atoms with Crippen LogP contribution in [0, 0.1) is 24.0 Å². The van der Waals surface area contributed by atoms with E-state index in [-0.39, 0.29) is 10.6 Å². The third-order valence-corrected chi connectivity index (χ3v) is 3.90. The molecule has 2 aromatic rings. The lowest BCUT2D eigenvalue weighted by Crippen LogP contribution is -2.05. The zero-order valence-electron chi connectivity index (χ0n) is 11.5. The number of nitro benzene ring substituents is 1. The Balaban J connectivity index is 2.23. The molecule has 0 bridgehead atoms. The monoisotopic (exact) mass is 272 g/mol. The minimum atomic E-state index is -0.356. The molecule has 0 atom stereocenters. The normalized spacial score (nSPS) is 13.5. The summed E-state index contributed by atoms with van der Waals surface area (Å²) in [6.07, 6.45) is 2.92. The predicted molar refractivity (Wildman–Crippen MR) is 76.1 cm³/mol. The maximum Gasteiger partial charge on any atom is 0.274 e. The number of hydrogen-bond donors (Lipinski definition) is 1. The molecule has 0 unspecified atom stereocenters. The minimum Gasteiger partial charge on any atom is -0.382 e. The molecule has 6 nitrogen and oxygen atoms in total. The summed E-state index contributed by atoms with van der Waals surface area (Å²) in [5.41, 5.74) is 10.6. The van der Waals surface area contributed by atoms with E-state index >= 15 is 0 Å². The third kappa shape index (κ3) is 1.76. The number of rotatable bonds is 2. The molecule has 104 valence electrons. The molecule has 0 aliphatic heterocycles. The van der Waals surface area contributed by atoms with Gasteiger partial charge >= 0.3 is 0 Å². The van der Waals surface area contributed by atoms with E-state index < -0.39 is 0 Å². The molecule has 2 N–H and O–H groups in total. The van der Waals surface area contributed by atoms with E-state index in [0.717, 1.165) is 41.8 Å². The van der Waals surface area contributed by atoms with Crippen molar-refractivity contribution in [1.29, 1.82) is 0 Å². The third-order valence-electron chi connectivity index (χ3n) is 3.90. The van der Waals surface area contributed by atoms with Gasteiger partial charge in [0.1, 0.15) is 5.82 Å². The van der Waals surface area contributed by atoms with Gasteiger partial charge in [-0.1, -0.05) is 0 Å². The van der Waals surface area contributed by atoms with Crippen LogP contribution in [0.5, 0.6) is 0 Å². The SMILES string of the molecule is Cc1cc(C)c([N+](=O)[O-])cc1-n1nc(N)c2c1CCC2. The second-order valence-electron chi connectivity index (χ2n) is 5.26. The molecule has 1 heterocycles. The summed E-state index contributed by atoms with van der Waals surface area (Å²) in [5, 5.41) is 15.5. The summed E-state index contributed by atoms with van der Waals surface area (Å²) in [7, 11) is 0. The number of anilines is 1. The average molecular weight is 272 g/mol. The van der Waals surface area contributed by atoms with Gasteiger partial charge in [-0.25, -0.2) is 4.68 Å². The molecule has 1 aliphatic rings. The van der Waals surface area contributed by atoms with E-state index in [4.69, 9.17) is 5.73 Å². The van der Waals surface area contributed by atoms with Crippen LogP contribution in [-0.4, -0.2) is 14.7 Å². The highest BCUT2D eigenvalue weighted by molar-refractivity contribution is 5.56. The number of nitrogens with two attached hydrogens (primary N) is 1. The van der Waals surface area contributed by atoms with Crippen molar-refractivity contribution in [2.45, 2.75) is 33.1 Å². The highest BCUT2D eigenvalue weighted by Crippen LogP contribution is 2.32. The van der Waals surface area contributed by atoms with Gasteiger partial charge in [0.2, 0.25) is 0 Å². The van der Waals surface area contributed by atoms with Crippen molar-refractivity contribution >= 4 is 11.5 Å². The van der Waals surface area contributed by atoms with Gasteiger partial charge in [-0.05, 0) is 44.7 Å². The summed E-state index contributed by atoms with van der Waals surface area (Å²) in [5.74, 6) is 0.542. The number of fused-ring (bicyclic) bond motifs is 1. The van der Waals surface area contributed by atoms with Crippen LogP contribution in [0.15, 0.2) is 12.1 Å². The second kappa shape index (κ2) is 4.33. The van der Waals surface area contributed by atoms with E-state index in [1.807, 2.05) is 13.0 Å². The Bertz CT molecular complexity index is 718. The fraction of sp³-hybridized carbons (Fsp3) is 0.357. The van der Waals surface area contributed by atoms with Gasteiger partial charge < -0.3 is 5.73 Å². The van der Waals surface area contributed by atoms with Gasteiger partial charge in [-0.15, -0.1) is 0 Å². The molecule has 0 radical (unpaired) electrons. The Morgan fingerprint density at radius 3 is 2.75 bits per heavy atom. The number of nitrogen functional groups attached to an aromatic ring is 1. The van der Waals surface area contributed by atoms with Crippen LogP contribution in [0.1, 0.15) is 28.8 Å². The number of aromatic nitrogens is 2. The lowest BCUT2D eigenvalue weighted by molar-refractivity contribution is -0.385. The first kappa shape index (κ1) is 12.7. The van der Waals surface area contributed by atoms with Crippen LogP contribution in [0.25, 0.3) is 5.69 Å². The number of nitrogens with zero attached hydrogens (tertiary/aromatic N) is 3. The van der Waals surface area contributed by atoms with Crippen molar-refractivity contribution < 1.29 is 4.92 Å². The standard InChI is InChI=1S/C14H16N4O2/c1-8-6-9(2)13(18(19)20)7-12(8)17-11-5-3-4-10(11)14(15)16-17/h6-7H,3-5H2,1-2H3,(H2,15,16). The van der Waals surface area contributed by atoms with Gasteiger partial charge in [0.15, 0.2) is 0 Å². The number of nitro groups is 1. The average Bonchev–Trinajstić information content (AvgIpc) is 2.94. The zero-order valence-corrected chi connectivity index (χ0v) is 11.5. The Kier molecular flexibility index (Phi) is 2.74. The zero-order chi connectivity index (χ0) is 14.4. The van der Waals surface area contributed by atoms with Crippen LogP contribution in [-0.2, 0) is 12.8 Å². The molecule has 0 amide bonds. The number of benzene rings is 1. The van der Waals surface area contributed by atoms with Crippen LogP contribution < -0.4 is 5.73 Å². The fourth-order valence-electron chi connectivity index (χ4n) is 2.92. The van der Waals surface area contributed by atoms with Crippen molar-refractivity contribution in [3.05, 3.63) is 44.6 Å². The van der Waals surface area contributed by atoms with Gasteiger partial charge in [0, 0.05) is 22.9 Å². The maximum atomic E-state index is 11.1. The first-order valence-corrected chi connectivity index (χ1v) is 6.61. The summed E-state index contributed by atoms with van der Waals surface area (Å²) < 4.78 is 1.78. The first-order chi connectivity index (χ1) is 9.49. The van der Waals surface area contributed by atoms with Gasteiger partial charge in [0.25, 0.3) is 5.69 Å². The van der Waals surface area contributed by atoms with E-state index in [0.29, 0.717) is 11.4 Å². The van der Waals surface area contributed by atoms with E-state index in [1.54, 1.807) is 17.7 Å². The molecule has 1 aromatic heterocycles. The molecular formula is C14H16N4O2. The van der Waals surface area contributed by atoms with Crippen LogP contribution in [0.4, 0.5) is 11.5 Å². The molecule has 1 aromatic carbocycles. The summed E-state index contributed by atoms with van der Waals surface area (Å²) >= 11 is 0. The van der Waals surface area contributed by atoms with Crippen LogP contribution in [0.3, 0.4) is 0 Å². The molecule has 20 heavy (non-hydrogen) atoms. The quantitative estimate of drug-likeness (QED) is 0.672. The van der Waals surface area contributed by atoms with Crippen molar-refractivity contribution in [3.63, 3.8) is 0 Å². The van der Waals surface area contributed by atoms with E-state index in [1.165, 1.54) is 0 Å². The lowest BCUT2D eigenvalue weighted by Gasteiger charge is -2.10. The molecular weight excluding hydrogens is 256 g/mol. The Hall–Kier alpha value is -2.37. The molecule has 0 fully saturated rings. The molecule has 6 heteroatoms. The first-order valence-electron chi connectivity index (χ1n) is 6.61. The Labute approximate surface area is 116 Å². The van der Waals surface area contributed by atoms with Crippen molar-refractivity contribution in [2.24, 2.45) is 0 Å². The molecule has 0 spiro atoms. The number of hydrogen-bond acceptors (Lipinski definition) is 4. The lowest BCUT2D eigenvalue weighted by atomic mass is 10.1. The highest BCUT2D eigenvalue weighted by Gasteiger charge is 2.24. The van der Waals surface area contributed by atoms with E-state index in [9.17, 15) is 10.1 Å². The molecule has 0 saturated heterocycles. The van der Waals surface area contributed by atoms with Gasteiger partial charge in [-0.3, -0.25) is 10.1 Å². The minimum absolute atomic E-state index is 0.117. The van der Waals surface area contributed by atoms with Crippen molar-refractivity contribution in [3.8, 4) is 5.69 Å². The topological polar surface area (TPSA) is 87.0 Å². The molecule has 1 aliphatic carbocycles.